The summed E-state index contributed by atoms with van der Waals surface area (Å²) in [6.07, 6.45) is 0. The normalized spacial score (nSPS) is 12.0. The van der Waals surface area contributed by atoms with Crippen molar-refractivity contribution in [3.05, 3.63) is 23.2 Å². The molecule has 0 spiro atoms. The first-order valence-electron chi connectivity index (χ1n) is 6.03. The molecule has 0 aliphatic carbocycles. The van der Waals surface area contributed by atoms with Crippen molar-refractivity contribution in [2.24, 2.45) is 10.9 Å². The van der Waals surface area contributed by atoms with Crippen molar-refractivity contribution in [3.63, 3.8) is 0 Å². The van der Waals surface area contributed by atoms with E-state index in [2.05, 4.69) is 35.5 Å². The van der Waals surface area contributed by atoms with E-state index in [9.17, 15) is 0 Å². The molecule has 0 saturated carbocycles. The van der Waals surface area contributed by atoms with Crippen molar-refractivity contribution in [2.75, 3.05) is 13.6 Å². The summed E-state index contributed by atoms with van der Waals surface area (Å²) in [5.74, 6) is 3.35. The van der Waals surface area contributed by atoms with Crippen LogP contribution in [0.1, 0.15) is 30.9 Å². The Morgan fingerprint density at radius 3 is 2.53 bits per heavy atom. The number of rotatable bonds is 4. The lowest BCUT2D eigenvalue weighted by Gasteiger charge is -2.12. The van der Waals surface area contributed by atoms with Crippen molar-refractivity contribution in [1.29, 1.82) is 0 Å². The Morgan fingerprint density at radius 1 is 1.35 bits per heavy atom. The molecule has 2 N–H and O–H groups in total. The molecule has 0 aliphatic rings. The third kappa shape index (κ3) is 4.51. The van der Waals surface area contributed by atoms with Crippen LogP contribution in [0.15, 0.2) is 15.5 Å². The third-order valence-electron chi connectivity index (χ3n) is 2.49. The molecule has 1 rings (SSSR count). The lowest BCUT2D eigenvalue weighted by Crippen LogP contribution is -2.38. The van der Waals surface area contributed by atoms with Crippen LogP contribution in [0.2, 0.25) is 0 Å². The fourth-order valence-electron chi connectivity index (χ4n) is 1.56. The molecule has 17 heavy (non-hydrogen) atoms. The van der Waals surface area contributed by atoms with Crippen molar-refractivity contribution >= 4 is 5.96 Å². The van der Waals surface area contributed by atoms with Crippen LogP contribution < -0.4 is 10.6 Å². The summed E-state index contributed by atoms with van der Waals surface area (Å²) in [4.78, 5) is 4.18. The molecular weight excluding hydrogens is 214 g/mol. The number of furan rings is 1. The van der Waals surface area contributed by atoms with Gasteiger partial charge in [-0.3, -0.25) is 4.99 Å². The van der Waals surface area contributed by atoms with Gasteiger partial charge in [0.05, 0.1) is 0 Å². The maximum absolute atomic E-state index is 5.48. The summed E-state index contributed by atoms with van der Waals surface area (Å²) < 4.78 is 5.48. The molecule has 1 heterocycles. The van der Waals surface area contributed by atoms with Crippen LogP contribution in [0.25, 0.3) is 0 Å². The molecule has 0 fully saturated rings. The first kappa shape index (κ1) is 13.6. The second-order valence-electron chi connectivity index (χ2n) is 4.64. The van der Waals surface area contributed by atoms with Crippen molar-refractivity contribution in [2.45, 2.75) is 34.2 Å². The minimum absolute atomic E-state index is 0.603. The summed E-state index contributed by atoms with van der Waals surface area (Å²) in [6, 6.07) is 2.05. The van der Waals surface area contributed by atoms with Gasteiger partial charge in [-0.2, -0.15) is 0 Å². The van der Waals surface area contributed by atoms with Gasteiger partial charge in [-0.05, 0) is 25.8 Å². The van der Waals surface area contributed by atoms with E-state index in [1.807, 2.05) is 13.8 Å². The molecule has 0 saturated heterocycles. The predicted molar refractivity (Wildman–Crippen MR) is 71.2 cm³/mol. The van der Waals surface area contributed by atoms with Crippen LogP contribution in [0, 0.1) is 19.8 Å². The SMILES string of the molecule is CN=C(NCc1cc(C)oc1C)NCC(C)C. The lowest BCUT2D eigenvalue weighted by molar-refractivity contribution is 0.500. The van der Waals surface area contributed by atoms with Gasteiger partial charge in [0.15, 0.2) is 5.96 Å². The van der Waals surface area contributed by atoms with Gasteiger partial charge in [0.2, 0.25) is 0 Å². The van der Waals surface area contributed by atoms with E-state index >= 15 is 0 Å². The fraction of sp³-hybridized carbons (Fsp3) is 0.615. The van der Waals surface area contributed by atoms with Crippen LogP contribution in [-0.4, -0.2) is 19.6 Å². The van der Waals surface area contributed by atoms with Gasteiger partial charge in [-0.1, -0.05) is 13.8 Å². The minimum atomic E-state index is 0.603. The molecule has 0 unspecified atom stereocenters. The van der Waals surface area contributed by atoms with E-state index in [1.165, 1.54) is 5.56 Å². The van der Waals surface area contributed by atoms with Crippen LogP contribution >= 0.6 is 0 Å². The quantitative estimate of drug-likeness (QED) is 0.623. The van der Waals surface area contributed by atoms with Crippen LogP contribution in [-0.2, 0) is 6.54 Å². The van der Waals surface area contributed by atoms with E-state index in [-0.39, 0.29) is 0 Å². The molecular formula is C13H23N3O. The Labute approximate surface area is 104 Å². The van der Waals surface area contributed by atoms with E-state index in [0.717, 1.165) is 30.6 Å². The van der Waals surface area contributed by atoms with E-state index < -0.39 is 0 Å². The number of aryl methyl sites for hydroxylation is 2. The molecule has 0 atom stereocenters. The predicted octanol–water partition coefficient (Wildman–Crippen LogP) is 2.22. The van der Waals surface area contributed by atoms with E-state index in [0.29, 0.717) is 5.92 Å². The monoisotopic (exact) mass is 237 g/mol. The summed E-state index contributed by atoms with van der Waals surface area (Å²) in [5, 5.41) is 6.55. The summed E-state index contributed by atoms with van der Waals surface area (Å²) >= 11 is 0. The summed E-state index contributed by atoms with van der Waals surface area (Å²) in [6.45, 7) is 9.94. The zero-order valence-corrected chi connectivity index (χ0v) is 11.4. The third-order valence-corrected chi connectivity index (χ3v) is 2.49. The van der Waals surface area contributed by atoms with Crippen LogP contribution in [0.4, 0.5) is 0 Å². The Bertz CT molecular complexity index is 380. The lowest BCUT2D eigenvalue weighted by atomic mass is 10.2. The Kier molecular flexibility index (Phi) is 5.07. The maximum Gasteiger partial charge on any atom is 0.191 e. The van der Waals surface area contributed by atoms with Gasteiger partial charge in [-0.15, -0.1) is 0 Å². The van der Waals surface area contributed by atoms with Gasteiger partial charge in [0.1, 0.15) is 11.5 Å². The fourth-order valence-corrected chi connectivity index (χ4v) is 1.56. The molecule has 0 bridgehead atoms. The Balaban J connectivity index is 2.45. The summed E-state index contributed by atoms with van der Waals surface area (Å²) in [5.41, 5.74) is 1.18. The number of hydrogen-bond acceptors (Lipinski definition) is 2. The molecule has 0 aliphatic heterocycles. The molecule has 4 nitrogen and oxygen atoms in total. The van der Waals surface area contributed by atoms with Gasteiger partial charge in [0, 0.05) is 25.7 Å². The van der Waals surface area contributed by atoms with Crippen molar-refractivity contribution < 1.29 is 4.42 Å². The highest BCUT2D eigenvalue weighted by Gasteiger charge is 2.05. The van der Waals surface area contributed by atoms with Crippen LogP contribution in [0.5, 0.6) is 0 Å². The zero-order chi connectivity index (χ0) is 12.8. The van der Waals surface area contributed by atoms with Gasteiger partial charge in [0.25, 0.3) is 0 Å². The highest BCUT2D eigenvalue weighted by atomic mass is 16.3. The van der Waals surface area contributed by atoms with Gasteiger partial charge < -0.3 is 15.1 Å². The Morgan fingerprint density at radius 2 is 2.06 bits per heavy atom. The van der Waals surface area contributed by atoms with Gasteiger partial charge >= 0.3 is 0 Å². The molecule has 4 heteroatoms. The minimum Gasteiger partial charge on any atom is -0.466 e. The summed E-state index contributed by atoms with van der Waals surface area (Å²) in [7, 11) is 1.78. The zero-order valence-electron chi connectivity index (χ0n) is 11.4. The molecule has 1 aromatic rings. The second-order valence-corrected chi connectivity index (χ2v) is 4.64. The van der Waals surface area contributed by atoms with E-state index in [1.54, 1.807) is 7.05 Å². The first-order chi connectivity index (χ1) is 8.02. The standard InChI is InChI=1S/C13H23N3O/c1-9(2)7-15-13(14-5)16-8-12-6-10(3)17-11(12)4/h6,9H,7-8H2,1-5H3,(H2,14,15,16). The number of nitrogens with zero attached hydrogens (tertiary/aromatic N) is 1. The average molecular weight is 237 g/mol. The van der Waals surface area contributed by atoms with Crippen molar-refractivity contribution in [1.82, 2.24) is 10.6 Å². The molecule has 96 valence electrons. The first-order valence-corrected chi connectivity index (χ1v) is 6.03. The topological polar surface area (TPSA) is 49.6 Å². The Hall–Kier alpha value is -1.45. The molecule has 0 radical (unpaired) electrons. The van der Waals surface area contributed by atoms with E-state index in [4.69, 9.17) is 4.42 Å². The molecule has 1 aromatic heterocycles. The van der Waals surface area contributed by atoms with Gasteiger partial charge in [-0.25, -0.2) is 0 Å². The average Bonchev–Trinajstić information content (AvgIpc) is 2.57. The highest BCUT2D eigenvalue weighted by molar-refractivity contribution is 5.79. The smallest absolute Gasteiger partial charge is 0.191 e. The van der Waals surface area contributed by atoms with Crippen molar-refractivity contribution in [3.8, 4) is 0 Å². The number of guanidine groups is 1. The van der Waals surface area contributed by atoms with Crippen LogP contribution in [0.3, 0.4) is 0 Å². The number of aliphatic imine (C=N–C) groups is 1. The largest absolute Gasteiger partial charge is 0.466 e. The maximum atomic E-state index is 5.48. The molecule has 0 amide bonds. The highest BCUT2D eigenvalue weighted by Crippen LogP contribution is 2.12. The number of nitrogens with one attached hydrogen (secondary N) is 2. The molecule has 0 aromatic carbocycles. The second kappa shape index (κ2) is 6.33. The number of hydrogen-bond donors (Lipinski definition) is 2.